The van der Waals surface area contributed by atoms with Crippen LogP contribution in [0, 0.1) is 0 Å². The second kappa shape index (κ2) is 15.0. The highest BCUT2D eigenvalue weighted by Crippen LogP contribution is 2.30. The van der Waals surface area contributed by atoms with Gasteiger partial charge in [-0.05, 0) is 43.9 Å². The number of carbonyl (C=O) groups excluding carboxylic acids is 1. The number of rotatable bonds is 7. The van der Waals surface area contributed by atoms with Gasteiger partial charge in [0.05, 0.1) is 11.4 Å². The highest BCUT2D eigenvalue weighted by atomic mass is 35.5. The van der Waals surface area contributed by atoms with E-state index in [9.17, 15) is 4.79 Å². The topological polar surface area (TPSA) is 79.2 Å². The molecule has 0 aliphatic heterocycles. The Morgan fingerprint density at radius 2 is 1.34 bits per heavy atom. The Morgan fingerprint density at radius 3 is 1.86 bits per heavy atom. The van der Waals surface area contributed by atoms with Crippen LogP contribution in [0.3, 0.4) is 0 Å². The molecule has 0 radical (unpaired) electrons. The molecule has 5 nitrogen and oxygen atoms in total. The third-order valence-corrected chi connectivity index (χ3v) is 5.64. The van der Waals surface area contributed by atoms with Gasteiger partial charge >= 0.3 is 0 Å². The van der Waals surface area contributed by atoms with Crippen molar-refractivity contribution in [3.05, 3.63) is 23.8 Å². The molecule has 0 bridgehead atoms. The summed E-state index contributed by atoms with van der Waals surface area (Å²) in [5.74, 6) is -0.0497. The normalized spacial score (nSPS) is 17.1. The summed E-state index contributed by atoms with van der Waals surface area (Å²) in [7, 11) is 0. The fraction of sp³-hybridized carbons (Fsp3) is 0.667. The Hall–Kier alpha value is -0.880. The molecule has 0 spiro atoms. The number of benzene rings is 1. The predicted molar refractivity (Wildman–Crippen MR) is 131 cm³/mol. The van der Waals surface area contributed by atoms with Crippen LogP contribution in [0.5, 0.6) is 0 Å². The molecule has 168 valence electrons. The van der Waals surface area contributed by atoms with Crippen LogP contribution in [0.1, 0.15) is 74.6 Å². The first-order valence-corrected chi connectivity index (χ1v) is 10.4. The number of nitrogens with two attached hydrogens (primary N) is 1. The molecule has 8 heteroatoms. The average Bonchev–Trinajstić information content (AvgIpc) is 2.69. The number of halogens is 3. The zero-order chi connectivity index (χ0) is 18.2. The lowest BCUT2D eigenvalue weighted by molar-refractivity contribution is 0.0955. The number of carbonyl (C=O) groups is 1. The van der Waals surface area contributed by atoms with E-state index < -0.39 is 0 Å². The lowest BCUT2D eigenvalue weighted by Crippen LogP contribution is -2.29. The molecule has 2 fully saturated rings. The number of amides is 1. The maximum Gasteiger partial charge on any atom is 0.251 e. The van der Waals surface area contributed by atoms with Crippen LogP contribution in [-0.2, 0) is 0 Å². The van der Waals surface area contributed by atoms with Crippen molar-refractivity contribution in [2.75, 3.05) is 23.7 Å². The summed E-state index contributed by atoms with van der Waals surface area (Å²) in [6.45, 7) is 0.965. The fourth-order valence-corrected chi connectivity index (χ4v) is 4.15. The van der Waals surface area contributed by atoms with E-state index in [0.717, 1.165) is 11.4 Å². The van der Waals surface area contributed by atoms with Gasteiger partial charge in [-0.3, -0.25) is 4.79 Å². The SMILES string of the molecule is Cl.Cl.Cl.NCCNC(=O)c1ccc(NC2CCCCC2)c(NC2CCCCC2)c1. The lowest BCUT2D eigenvalue weighted by Gasteiger charge is -2.28. The van der Waals surface area contributed by atoms with E-state index in [0.29, 0.717) is 30.7 Å². The van der Waals surface area contributed by atoms with E-state index in [1.807, 2.05) is 12.1 Å². The standard InChI is InChI=1S/C21H34N4O.3ClH/c22-13-14-23-21(26)16-11-12-19(24-17-7-3-1-4-8-17)20(15-16)25-18-9-5-2-6-10-18;;;/h11-12,15,17-18,24-25H,1-10,13-14,22H2,(H,23,26);3*1H. The molecule has 2 aliphatic carbocycles. The van der Waals surface area contributed by atoms with E-state index >= 15 is 0 Å². The third kappa shape index (κ3) is 8.79. The van der Waals surface area contributed by atoms with E-state index in [1.165, 1.54) is 64.2 Å². The second-order valence-corrected chi connectivity index (χ2v) is 7.76. The van der Waals surface area contributed by atoms with E-state index in [-0.39, 0.29) is 43.1 Å². The third-order valence-electron chi connectivity index (χ3n) is 5.64. The predicted octanol–water partition coefficient (Wildman–Crippen LogP) is 5.13. The Balaban J connectivity index is 0.00000261. The monoisotopic (exact) mass is 466 g/mol. The minimum atomic E-state index is -0.0497. The van der Waals surface area contributed by atoms with Gasteiger partial charge in [-0.15, -0.1) is 37.2 Å². The van der Waals surface area contributed by atoms with E-state index in [2.05, 4.69) is 22.0 Å². The smallest absolute Gasteiger partial charge is 0.251 e. The largest absolute Gasteiger partial charge is 0.381 e. The zero-order valence-electron chi connectivity index (χ0n) is 17.1. The van der Waals surface area contributed by atoms with Crippen molar-refractivity contribution in [3.63, 3.8) is 0 Å². The van der Waals surface area contributed by atoms with Crippen LogP contribution in [0.4, 0.5) is 11.4 Å². The molecular weight excluding hydrogens is 431 g/mol. The van der Waals surface area contributed by atoms with Crippen LogP contribution < -0.4 is 21.7 Å². The Bertz CT molecular complexity index is 591. The summed E-state index contributed by atoms with van der Waals surface area (Å²) in [5.41, 5.74) is 8.41. The minimum absolute atomic E-state index is 0. The average molecular weight is 468 g/mol. The molecule has 1 amide bonds. The molecule has 0 aromatic heterocycles. The Labute approximate surface area is 194 Å². The van der Waals surface area contributed by atoms with Crippen LogP contribution in [0.2, 0.25) is 0 Å². The number of hydrogen-bond donors (Lipinski definition) is 4. The molecule has 0 heterocycles. The maximum atomic E-state index is 12.3. The van der Waals surface area contributed by atoms with E-state index in [1.54, 1.807) is 0 Å². The maximum absolute atomic E-state index is 12.3. The summed E-state index contributed by atoms with van der Waals surface area (Å²) >= 11 is 0. The van der Waals surface area contributed by atoms with Gasteiger partial charge in [0.25, 0.3) is 5.91 Å². The zero-order valence-corrected chi connectivity index (χ0v) is 19.5. The molecular formula is C21H37Cl3N4O. The number of nitrogens with one attached hydrogen (secondary N) is 3. The molecule has 0 saturated heterocycles. The first-order valence-electron chi connectivity index (χ1n) is 10.4. The number of hydrogen-bond acceptors (Lipinski definition) is 4. The summed E-state index contributed by atoms with van der Waals surface area (Å²) in [5, 5.41) is 10.3. The van der Waals surface area contributed by atoms with Gasteiger partial charge in [-0.25, -0.2) is 0 Å². The lowest BCUT2D eigenvalue weighted by atomic mass is 9.94. The number of anilines is 2. The molecule has 2 saturated carbocycles. The highest BCUT2D eigenvalue weighted by Gasteiger charge is 2.19. The summed E-state index contributed by atoms with van der Waals surface area (Å²) in [4.78, 5) is 12.3. The van der Waals surface area contributed by atoms with E-state index in [4.69, 9.17) is 5.73 Å². The quantitative estimate of drug-likeness (QED) is 0.448. The van der Waals surface area contributed by atoms with Crippen LogP contribution in [0.25, 0.3) is 0 Å². The molecule has 2 aliphatic rings. The molecule has 1 aromatic carbocycles. The van der Waals surface area contributed by atoms with Crippen molar-refractivity contribution < 1.29 is 4.79 Å². The first-order chi connectivity index (χ1) is 12.8. The summed E-state index contributed by atoms with van der Waals surface area (Å²) in [6, 6.07) is 7.05. The molecule has 1 aromatic rings. The molecule has 29 heavy (non-hydrogen) atoms. The molecule has 0 unspecified atom stereocenters. The van der Waals surface area contributed by atoms with Gasteiger partial charge in [-0.1, -0.05) is 38.5 Å². The second-order valence-electron chi connectivity index (χ2n) is 7.76. The van der Waals surface area contributed by atoms with Crippen molar-refractivity contribution in [2.45, 2.75) is 76.3 Å². The first kappa shape index (κ1) is 28.1. The fourth-order valence-electron chi connectivity index (χ4n) is 4.15. The van der Waals surface area contributed by atoms with Crippen molar-refractivity contribution in [2.24, 2.45) is 5.73 Å². The highest BCUT2D eigenvalue weighted by molar-refractivity contribution is 5.96. The molecule has 3 rings (SSSR count). The van der Waals surface area contributed by atoms with Crippen molar-refractivity contribution in [3.8, 4) is 0 Å². The van der Waals surface area contributed by atoms with Gasteiger partial charge in [0.1, 0.15) is 0 Å². The molecule has 0 atom stereocenters. The van der Waals surface area contributed by atoms with Crippen LogP contribution >= 0.6 is 37.2 Å². The van der Waals surface area contributed by atoms with Gasteiger partial charge in [-0.2, -0.15) is 0 Å². The van der Waals surface area contributed by atoms with Crippen LogP contribution in [0.15, 0.2) is 18.2 Å². The van der Waals surface area contributed by atoms with Gasteiger partial charge < -0.3 is 21.7 Å². The summed E-state index contributed by atoms with van der Waals surface area (Å²) in [6.07, 6.45) is 12.8. The van der Waals surface area contributed by atoms with Gasteiger partial charge in [0.2, 0.25) is 0 Å². The Kier molecular flexibility index (Phi) is 14.5. The van der Waals surface area contributed by atoms with Crippen molar-refractivity contribution in [1.82, 2.24) is 5.32 Å². The van der Waals surface area contributed by atoms with Crippen LogP contribution in [-0.4, -0.2) is 31.1 Å². The van der Waals surface area contributed by atoms with Crippen molar-refractivity contribution >= 4 is 54.5 Å². The van der Waals surface area contributed by atoms with Gasteiger partial charge in [0, 0.05) is 30.7 Å². The Morgan fingerprint density at radius 1 is 0.828 bits per heavy atom. The van der Waals surface area contributed by atoms with Gasteiger partial charge in [0.15, 0.2) is 0 Å². The minimum Gasteiger partial charge on any atom is -0.381 e. The van der Waals surface area contributed by atoms with Crippen molar-refractivity contribution in [1.29, 1.82) is 0 Å². The molecule has 5 N–H and O–H groups in total. The summed E-state index contributed by atoms with van der Waals surface area (Å²) < 4.78 is 0.